The summed E-state index contributed by atoms with van der Waals surface area (Å²) in [7, 11) is 3.10. The molecule has 1 rings (SSSR count). The number of ether oxygens (including phenoxy) is 3. The zero-order valence-electron chi connectivity index (χ0n) is 9.86. The normalized spacial score (nSPS) is 9.75. The van der Waals surface area contributed by atoms with Crippen molar-refractivity contribution in [1.29, 1.82) is 0 Å². The van der Waals surface area contributed by atoms with Crippen LogP contribution in [0.5, 0.6) is 11.5 Å². The Morgan fingerprint density at radius 3 is 2.56 bits per heavy atom. The molecule has 0 aliphatic carbocycles. The average molecular weight is 225 g/mol. The van der Waals surface area contributed by atoms with Crippen LogP contribution in [0.2, 0.25) is 0 Å². The molecule has 5 heteroatoms. The van der Waals surface area contributed by atoms with Gasteiger partial charge >= 0.3 is 5.97 Å². The van der Waals surface area contributed by atoms with Gasteiger partial charge in [-0.15, -0.1) is 0 Å². The number of methoxy groups -OCH3 is 2. The lowest BCUT2D eigenvalue weighted by atomic mass is 10.2. The number of hydrogen-bond acceptors (Lipinski definition) is 5. The molecule has 0 saturated carbocycles. The lowest BCUT2D eigenvalue weighted by Gasteiger charge is -2.12. The van der Waals surface area contributed by atoms with E-state index in [-0.39, 0.29) is 12.6 Å². The molecule has 1 heterocycles. The minimum atomic E-state index is -0.337. The maximum absolute atomic E-state index is 10.7. The van der Waals surface area contributed by atoms with Crippen molar-refractivity contribution in [2.45, 2.75) is 20.5 Å². The van der Waals surface area contributed by atoms with Crippen LogP contribution < -0.4 is 9.47 Å². The first-order chi connectivity index (χ1) is 7.60. The van der Waals surface area contributed by atoms with Crippen LogP contribution in [0.3, 0.4) is 0 Å². The highest BCUT2D eigenvalue weighted by molar-refractivity contribution is 5.66. The first-order valence-corrected chi connectivity index (χ1v) is 4.80. The molecule has 0 N–H and O–H groups in total. The van der Waals surface area contributed by atoms with E-state index in [4.69, 9.17) is 14.2 Å². The van der Waals surface area contributed by atoms with Crippen molar-refractivity contribution in [3.8, 4) is 11.5 Å². The van der Waals surface area contributed by atoms with Gasteiger partial charge < -0.3 is 14.2 Å². The molecular weight excluding hydrogens is 210 g/mol. The van der Waals surface area contributed by atoms with Gasteiger partial charge in [-0.1, -0.05) is 0 Å². The van der Waals surface area contributed by atoms with E-state index < -0.39 is 0 Å². The van der Waals surface area contributed by atoms with Crippen molar-refractivity contribution in [3.05, 3.63) is 17.5 Å². The van der Waals surface area contributed by atoms with Gasteiger partial charge in [-0.25, -0.2) is 0 Å². The fourth-order valence-electron chi connectivity index (χ4n) is 1.32. The lowest BCUT2D eigenvalue weighted by Crippen LogP contribution is -2.05. The Kier molecular flexibility index (Phi) is 4.10. The van der Waals surface area contributed by atoms with E-state index in [1.165, 1.54) is 6.92 Å². The fourth-order valence-corrected chi connectivity index (χ4v) is 1.32. The predicted octanol–water partition coefficient (Wildman–Crippen LogP) is 1.47. The van der Waals surface area contributed by atoms with Gasteiger partial charge in [-0.05, 0) is 6.92 Å². The van der Waals surface area contributed by atoms with Gasteiger partial charge in [-0.3, -0.25) is 9.78 Å². The molecule has 0 spiro atoms. The van der Waals surface area contributed by atoms with Gasteiger partial charge in [0.25, 0.3) is 0 Å². The average Bonchev–Trinajstić information content (AvgIpc) is 2.26. The van der Waals surface area contributed by atoms with Crippen molar-refractivity contribution in [1.82, 2.24) is 4.98 Å². The Morgan fingerprint density at radius 2 is 2.06 bits per heavy atom. The topological polar surface area (TPSA) is 57.7 Å². The molecular formula is C11H15NO4. The molecule has 0 saturated heterocycles. The number of aromatic nitrogens is 1. The zero-order chi connectivity index (χ0) is 12.1. The Bertz CT molecular complexity index is 390. The Labute approximate surface area is 94.3 Å². The Hall–Kier alpha value is -1.78. The van der Waals surface area contributed by atoms with E-state index >= 15 is 0 Å². The largest absolute Gasteiger partial charge is 0.492 e. The molecule has 1 aromatic rings. The number of rotatable bonds is 4. The second-order valence-corrected chi connectivity index (χ2v) is 3.21. The van der Waals surface area contributed by atoms with E-state index in [1.807, 2.05) is 6.92 Å². The molecule has 0 aliphatic heterocycles. The number of esters is 1. The van der Waals surface area contributed by atoms with Gasteiger partial charge in [0.15, 0.2) is 11.5 Å². The minimum absolute atomic E-state index is 0.140. The first-order valence-electron chi connectivity index (χ1n) is 4.80. The van der Waals surface area contributed by atoms with Crippen LogP contribution in [0.4, 0.5) is 0 Å². The highest BCUT2D eigenvalue weighted by Crippen LogP contribution is 2.31. The maximum atomic E-state index is 10.7. The van der Waals surface area contributed by atoms with E-state index in [0.717, 1.165) is 5.56 Å². The summed E-state index contributed by atoms with van der Waals surface area (Å²) in [6.45, 7) is 3.34. The molecule has 0 amide bonds. The Morgan fingerprint density at radius 1 is 1.38 bits per heavy atom. The van der Waals surface area contributed by atoms with E-state index in [1.54, 1.807) is 20.4 Å². The monoisotopic (exact) mass is 225 g/mol. The molecule has 16 heavy (non-hydrogen) atoms. The summed E-state index contributed by atoms with van der Waals surface area (Å²) in [5, 5.41) is 0. The number of hydrogen-bond donors (Lipinski definition) is 0. The zero-order valence-corrected chi connectivity index (χ0v) is 9.86. The van der Waals surface area contributed by atoms with Gasteiger partial charge in [-0.2, -0.15) is 0 Å². The molecule has 88 valence electrons. The SMILES string of the molecule is COc1cnc(COC(C)=O)c(C)c1OC. The van der Waals surface area contributed by atoms with Crippen molar-refractivity contribution in [2.24, 2.45) is 0 Å². The third kappa shape index (κ3) is 2.62. The molecule has 0 radical (unpaired) electrons. The second kappa shape index (κ2) is 5.34. The Balaban J connectivity index is 2.99. The van der Waals surface area contributed by atoms with Gasteiger partial charge in [0.05, 0.1) is 26.1 Å². The highest BCUT2D eigenvalue weighted by atomic mass is 16.5. The summed E-state index contributed by atoms with van der Waals surface area (Å²) in [5.41, 5.74) is 1.47. The van der Waals surface area contributed by atoms with Gasteiger partial charge in [0.1, 0.15) is 6.61 Å². The summed E-state index contributed by atoms with van der Waals surface area (Å²) in [5.74, 6) is 0.835. The quantitative estimate of drug-likeness (QED) is 0.726. The molecule has 0 bridgehead atoms. The number of nitrogens with zero attached hydrogens (tertiary/aromatic N) is 1. The van der Waals surface area contributed by atoms with Crippen LogP contribution in [0.1, 0.15) is 18.2 Å². The molecule has 5 nitrogen and oxygen atoms in total. The molecule has 0 unspecified atom stereocenters. The van der Waals surface area contributed by atoms with Crippen LogP contribution in [0, 0.1) is 6.92 Å². The van der Waals surface area contributed by atoms with Gasteiger partial charge in [0, 0.05) is 12.5 Å². The standard InChI is InChI=1S/C11H15NO4/c1-7-9(6-16-8(2)13)12-5-10(14-3)11(7)15-4/h5H,6H2,1-4H3. The molecule has 0 aromatic carbocycles. The second-order valence-electron chi connectivity index (χ2n) is 3.21. The molecule has 1 aromatic heterocycles. The third-order valence-corrected chi connectivity index (χ3v) is 2.17. The van der Waals surface area contributed by atoms with Crippen molar-refractivity contribution < 1.29 is 19.0 Å². The minimum Gasteiger partial charge on any atom is -0.492 e. The summed E-state index contributed by atoms with van der Waals surface area (Å²) in [6, 6.07) is 0. The summed E-state index contributed by atoms with van der Waals surface area (Å²) >= 11 is 0. The third-order valence-electron chi connectivity index (χ3n) is 2.17. The summed E-state index contributed by atoms with van der Waals surface area (Å²) in [4.78, 5) is 14.8. The highest BCUT2D eigenvalue weighted by Gasteiger charge is 2.13. The van der Waals surface area contributed by atoms with Crippen molar-refractivity contribution >= 4 is 5.97 Å². The number of pyridine rings is 1. The van der Waals surface area contributed by atoms with Gasteiger partial charge in [0.2, 0.25) is 0 Å². The summed E-state index contributed by atoms with van der Waals surface area (Å²) < 4.78 is 15.2. The van der Waals surface area contributed by atoms with Crippen molar-refractivity contribution in [2.75, 3.05) is 14.2 Å². The molecule has 0 aliphatic rings. The predicted molar refractivity (Wildman–Crippen MR) is 57.5 cm³/mol. The van der Waals surface area contributed by atoms with Crippen molar-refractivity contribution in [3.63, 3.8) is 0 Å². The van der Waals surface area contributed by atoms with Crippen LogP contribution in [-0.2, 0) is 16.1 Å². The van der Waals surface area contributed by atoms with Crippen LogP contribution in [-0.4, -0.2) is 25.2 Å². The molecule has 0 fully saturated rings. The number of carbonyl (C=O) groups is 1. The first kappa shape index (κ1) is 12.3. The van der Waals surface area contributed by atoms with E-state index in [0.29, 0.717) is 17.2 Å². The lowest BCUT2D eigenvalue weighted by molar-refractivity contribution is -0.142. The van der Waals surface area contributed by atoms with Crippen LogP contribution in [0.15, 0.2) is 6.20 Å². The van der Waals surface area contributed by atoms with E-state index in [2.05, 4.69) is 4.98 Å². The fraction of sp³-hybridized carbons (Fsp3) is 0.455. The summed E-state index contributed by atoms with van der Waals surface area (Å²) in [6.07, 6.45) is 1.55. The maximum Gasteiger partial charge on any atom is 0.303 e. The smallest absolute Gasteiger partial charge is 0.303 e. The number of carbonyl (C=O) groups excluding carboxylic acids is 1. The van der Waals surface area contributed by atoms with Crippen LogP contribution in [0.25, 0.3) is 0 Å². The van der Waals surface area contributed by atoms with E-state index in [9.17, 15) is 4.79 Å². The van der Waals surface area contributed by atoms with Crippen LogP contribution >= 0.6 is 0 Å². The molecule has 0 atom stereocenters.